The predicted octanol–water partition coefficient (Wildman–Crippen LogP) is 4.27. The van der Waals surface area contributed by atoms with Gasteiger partial charge in [-0.3, -0.25) is 0 Å². The van der Waals surface area contributed by atoms with Crippen molar-refractivity contribution < 1.29 is 21.6 Å². The Labute approximate surface area is 152 Å². The van der Waals surface area contributed by atoms with E-state index in [-0.39, 0.29) is 37.9 Å². The maximum atomic E-state index is 12.8. The average molecular weight is 416 g/mol. The molecule has 1 aromatic heterocycles. The first-order valence-electron chi connectivity index (χ1n) is 7.04. The predicted molar refractivity (Wildman–Crippen MR) is 90.1 cm³/mol. The molecule has 0 aliphatic carbocycles. The lowest BCUT2D eigenvalue weighted by Gasteiger charge is -2.13. The number of anilines is 1. The first kappa shape index (κ1) is 19.9. The van der Waals surface area contributed by atoms with E-state index in [1.54, 1.807) is 6.92 Å². The number of aromatic nitrogens is 2. The molecule has 0 atom stereocenters. The van der Waals surface area contributed by atoms with E-state index < -0.39 is 21.6 Å². The van der Waals surface area contributed by atoms with Crippen LogP contribution in [0.2, 0.25) is 10.0 Å². The van der Waals surface area contributed by atoms with Crippen LogP contribution in [-0.4, -0.2) is 24.0 Å². The van der Waals surface area contributed by atoms with Gasteiger partial charge in [-0.1, -0.05) is 30.1 Å². The molecule has 0 amide bonds. The monoisotopic (exact) mass is 415 g/mol. The molecule has 0 bridgehead atoms. The van der Waals surface area contributed by atoms with Gasteiger partial charge in [0, 0.05) is 0 Å². The molecule has 1 aromatic carbocycles. The Morgan fingerprint density at radius 2 is 1.76 bits per heavy atom. The van der Waals surface area contributed by atoms with Gasteiger partial charge in [-0.2, -0.15) is 18.3 Å². The van der Waals surface area contributed by atoms with Crippen LogP contribution in [0.25, 0.3) is 5.69 Å². The van der Waals surface area contributed by atoms with E-state index >= 15 is 0 Å². The number of halogens is 5. The SMILES string of the molecule is CCCS(=O)(=O)c1c(C)nn(-c2c(Cl)cc(C(F)(F)F)cc2Cl)c1N. The summed E-state index contributed by atoms with van der Waals surface area (Å²) >= 11 is 11.9. The number of rotatable bonds is 4. The molecule has 0 saturated carbocycles. The summed E-state index contributed by atoms with van der Waals surface area (Å²) in [5.74, 6) is -0.396. The van der Waals surface area contributed by atoms with Gasteiger partial charge in [0.15, 0.2) is 9.84 Å². The molecule has 0 saturated heterocycles. The Morgan fingerprint density at radius 3 is 2.20 bits per heavy atom. The lowest BCUT2D eigenvalue weighted by Crippen LogP contribution is -2.11. The van der Waals surface area contributed by atoms with Gasteiger partial charge in [-0.15, -0.1) is 0 Å². The van der Waals surface area contributed by atoms with Gasteiger partial charge in [0.2, 0.25) is 0 Å². The van der Waals surface area contributed by atoms with Crippen LogP contribution in [0.15, 0.2) is 17.0 Å². The van der Waals surface area contributed by atoms with Crippen LogP contribution >= 0.6 is 23.2 Å². The number of hydrogen-bond acceptors (Lipinski definition) is 4. The maximum absolute atomic E-state index is 12.8. The summed E-state index contributed by atoms with van der Waals surface area (Å²) in [5.41, 5.74) is 4.85. The molecular formula is C14H14Cl2F3N3O2S. The maximum Gasteiger partial charge on any atom is 0.416 e. The largest absolute Gasteiger partial charge is 0.416 e. The number of nitrogen functional groups attached to an aromatic ring is 1. The van der Waals surface area contributed by atoms with Gasteiger partial charge >= 0.3 is 6.18 Å². The van der Waals surface area contributed by atoms with Gasteiger partial charge in [-0.25, -0.2) is 13.1 Å². The van der Waals surface area contributed by atoms with E-state index in [1.165, 1.54) is 6.92 Å². The van der Waals surface area contributed by atoms with Crippen molar-refractivity contribution in [1.82, 2.24) is 9.78 Å². The Morgan fingerprint density at radius 1 is 1.24 bits per heavy atom. The molecule has 5 nitrogen and oxygen atoms in total. The minimum absolute atomic E-state index is 0.109. The summed E-state index contributed by atoms with van der Waals surface area (Å²) in [7, 11) is -3.69. The number of nitrogens with zero attached hydrogens (tertiary/aromatic N) is 2. The smallest absolute Gasteiger partial charge is 0.382 e. The summed E-state index contributed by atoms with van der Waals surface area (Å²) in [5, 5.41) is 3.30. The van der Waals surface area contributed by atoms with E-state index in [1.807, 2.05) is 0 Å². The van der Waals surface area contributed by atoms with Crippen LogP contribution < -0.4 is 5.73 Å². The van der Waals surface area contributed by atoms with Gasteiger partial charge in [0.05, 0.1) is 27.1 Å². The molecule has 0 aliphatic rings. The number of aryl methyl sites for hydroxylation is 1. The molecule has 2 aromatic rings. The fourth-order valence-electron chi connectivity index (χ4n) is 2.39. The number of hydrogen-bond donors (Lipinski definition) is 1. The van der Waals surface area contributed by atoms with Crippen LogP contribution in [0.3, 0.4) is 0 Å². The van der Waals surface area contributed by atoms with Crippen molar-refractivity contribution in [2.45, 2.75) is 31.3 Å². The molecule has 0 aliphatic heterocycles. The number of benzene rings is 1. The van der Waals surface area contributed by atoms with Crippen LogP contribution in [-0.2, 0) is 16.0 Å². The first-order chi connectivity index (χ1) is 11.4. The molecule has 25 heavy (non-hydrogen) atoms. The van der Waals surface area contributed by atoms with Crippen molar-refractivity contribution in [2.24, 2.45) is 0 Å². The third-order valence-electron chi connectivity index (χ3n) is 3.38. The summed E-state index contributed by atoms with van der Waals surface area (Å²) in [6.07, 6.45) is -4.26. The van der Waals surface area contributed by atoms with Crippen molar-refractivity contribution in [2.75, 3.05) is 11.5 Å². The first-order valence-corrected chi connectivity index (χ1v) is 9.45. The van der Waals surface area contributed by atoms with Crippen molar-refractivity contribution in [3.05, 3.63) is 33.4 Å². The van der Waals surface area contributed by atoms with E-state index in [4.69, 9.17) is 28.9 Å². The summed E-state index contributed by atoms with van der Waals surface area (Å²) in [6.45, 7) is 3.12. The molecule has 2 rings (SSSR count). The Hall–Kier alpha value is -1.45. The zero-order valence-electron chi connectivity index (χ0n) is 13.2. The summed E-state index contributed by atoms with van der Waals surface area (Å²) in [6, 6.07) is 1.36. The standard InChI is InChI=1S/C14H14Cl2F3N3O2S/c1-3-4-25(23,24)12-7(2)21-22(13(12)20)11-9(15)5-8(6-10(11)16)14(17,18)19/h5-6H,3-4,20H2,1-2H3. The zero-order valence-corrected chi connectivity index (χ0v) is 15.5. The number of alkyl halides is 3. The Bertz CT molecular complexity index is 901. The fraction of sp³-hybridized carbons (Fsp3) is 0.357. The average Bonchev–Trinajstić information content (AvgIpc) is 2.72. The van der Waals surface area contributed by atoms with Crippen molar-refractivity contribution in [3.8, 4) is 5.69 Å². The highest BCUT2D eigenvalue weighted by atomic mass is 35.5. The quantitative estimate of drug-likeness (QED) is 0.808. The van der Waals surface area contributed by atoms with Crippen LogP contribution in [0.4, 0.5) is 19.0 Å². The highest BCUT2D eigenvalue weighted by Crippen LogP contribution is 2.39. The second-order valence-electron chi connectivity index (χ2n) is 5.32. The minimum atomic E-state index is -4.63. The normalized spacial score (nSPS) is 12.6. The van der Waals surface area contributed by atoms with Gasteiger partial charge in [0.1, 0.15) is 16.4 Å². The summed E-state index contributed by atoms with van der Waals surface area (Å²) < 4.78 is 64.1. The highest BCUT2D eigenvalue weighted by Gasteiger charge is 2.33. The van der Waals surface area contributed by atoms with E-state index in [0.29, 0.717) is 18.6 Å². The lowest BCUT2D eigenvalue weighted by molar-refractivity contribution is -0.137. The van der Waals surface area contributed by atoms with Crippen molar-refractivity contribution in [1.29, 1.82) is 0 Å². The van der Waals surface area contributed by atoms with Crippen LogP contribution in [0.5, 0.6) is 0 Å². The molecule has 1 heterocycles. The second-order valence-corrected chi connectivity index (χ2v) is 8.18. The van der Waals surface area contributed by atoms with Gasteiger partial charge < -0.3 is 5.73 Å². The molecule has 11 heteroatoms. The van der Waals surface area contributed by atoms with E-state index in [2.05, 4.69) is 5.10 Å². The molecule has 0 radical (unpaired) electrons. The molecule has 0 fully saturated rings. The molecule has 0 spiro atoms. The minimum Gasteiger partial charge on any atom is -0.382 e. The van der Waals surface area contributed by atoms with Crippen LogP contribution in [0.1, 0.15) is 24.6 Å². The van der Waals surface area contributed by atoms with Crippen molar-refractivity contribution >= 4 is 38.9 Å². The third kappa shape index (κ3) is 3.73. The number of sulfone groups is 1. The Kier molecular flexibility index (Phi) is 5.32. The lowest BCUT2D eigenvalue weighted by atomic mass is 10.2. The highest BCUT2D eigenvalue weighted by molar-refractivity contribution is 7.91. The van der Waals surface area contributed by atoms with Gasteiger partial charge in [-0.05, 0) is 25.5 Å². The van der Waals surface area contributed by atoms with Crippen molar-refractivity contribution in [3.63, 3.8) is 0 Å². The molecule has 0 unspecified atom stereocenters. The second kappa shape index (κ2) is 6.69. The molecular weight excluding hydrogens is 402 g/mol. The Balaban J connectivity index is 2.70. The zero-order chi connectivity index (χ0) is 19.2. The van der Waals surface area contributed by atoms with Gasteiger partial charge in [0.25, 0.3) is 0 Å². The third-order valence-corrected chi connectivity index (χ3v) is 6.03. The molecule has 2 N–H and O–H groups in total. The van der Waals surface area contributed by atoms with Crippen LogP contribution in [0, 0.1) is 6.92 Å². The van der Waals surface area contributed by atoms with E-state index in [9.17, 15) is 21.6 Å². The van der Waals surface area contributed by atoms with E-state index in [0.717, 1.165) is 4.68 Å². The topological polar surface area (TPSA) is 78.0 Å². The fourth-order valence-corrected chi connectivity index (χ4v) is 4.67. The summed E-state index contributed by atoms with van der Waals surface area (Å²) in [4.78, 5) is -0.179. The number of nitrogens with two attached hydrogens (primary N) is 1. The molecule has 138 valence electrons.